The monoisotopic (exact) mass is 346 g/mol. The average molecular weight is 346 g/mol. The SMILES string of the molecule is COc1ccc(-c2cc(CC3CCC(O)C(CN(C)C)O3)no2)cc1. The van der Waals surface area contributed by atoms with Gasteiger partial charge in [0.25, 0.3) is 0 Å². The molecule has 1 aliphatic heterocycles. The summed E-state index contributed by atoms with van der Waals surface area (Å²) in [7, 11) is 5.61. The van der Waals surface area contributed by atoms with Gasteiger partial charge in [-0.05, 0) is 51.2 Å². The Morgan fingerprint density at radius 1 is 1.24 bits per heavy atom. The van der Waals surface area contributed by atoms with Gasteiger partial charge in [-0.2, -0.15) is 0 Å². The smallest absolute Gasteiger partial charge is 0.167 e. The van der Waals surface area contributed by atoms with Crippen molar-refractivity contribution in [2.24, 2.45) is 0 Å². The van der Waals surface area contributed by atoms with E-state index in [4.69, 9.17) is 14.0 Å². The van der Waals surface area contributed by atoms with E-state index in [9.17, 15) is 5.11 Å². The summed E-state index contributed by atoms with van der Waals surface area (Å²) in [4.78, 5) is 2.04. The maximum absolute atomic E-state index is 10.1. The minimum absolute atomic E-state index is 0.0576. The summed E-state index contributed by atoms with van der Waals surface area (Å²) in [6.07, 6.45) is 1.79. The summed E-state index contributed by atoms with van der Waals surface area (Å²) in [5, 5.41) is 14.3. The molecule has 0 amide bonds. The lowest BCUT2D eigenvalue weighted by Crippen LogP contribution is -2.45. The molecule has 0 aliphatic carbocycles. The molecule has 6 heteroatoms. The van der Waals surface area contributed by atoms with Crippen LogP contribution in [0.5, 0.6) is 5.75 Å². The van der Waals surface area contributed by atoms with Crippen LogP contribution in [0.2, 0.25) is 0 Å². The van der Waals surface area contributed by atoms with E-state index in [-0.39, 0.29) is 12.2 Å². The molecule has 2 heterocycles. The predicted molar refractivity (Wildman–Crippen MR) is 94.7 cm³/mol. The highest BCUT2D eigenvalue weighted by Crippen LogP contribution is 2.26. The lowest BCUT2D eigenvalue weighted by Gasteiger charge is -2.35. The highest BCUT2D eigenvalue weighted by molar-refractivity contribution is 5.58. The fourth-order valence-electron chi connectivity index (χ4n) is 3.16. The number of ether oxygens (including phenoxy) is 2. The van der Waals surface area contributed by atoms with Gasteiger partial charge in [0.2, 0.25) is 0 Å². The first-order chi connectivity index (χ1) is 12.0. The van der Waals surface area contributed by atoms with Crippen LogP contribution in [0.3, 0.4) is 0 Å². The van der Waals surface area contributed by atoms with Crippen LogP contribution in [-0.4, -0.2) is 61.2 Å². The Morgan fingerprint density at radius 2 is 2.00 bits per heavy atom. The van der Waals surface area contributed by atoms with Gasteiger partial charge in [0, 0.05) is 24.6 Å². The number of likely N-dealkylation sites (N-methyl/N-ethyl adjacent to an activating group) is 1. The van der Waals surface area contributed by atoms with E-state index in [0.717, 1.165) is 35.6 Å². The van der Waals surface area contributed by atoms with E-state index in [0.29, 0.717) is 13.0 Å². The molecule has 3 atom stereocenters. The Kier molecular flexibility index (Phi) is 5.73. The molecule has 1 aromatic heterocycles. The van der Waals surface area contributed by atoms with Crippen molar-refractivity contribution in [2.75, 3.05) is 27.7 Å². The summed E-state index contributed by atoms with van der Waals surface area (Å²) in [5.74, 6) is 1.54. The lowest BCUT2D eigenvalue weighted by molar-refractivity contribution is -0.122. The predicted octanol–water partition coefficient (Wildman–Crippen LogP) is 2.36. The van der Waals surface area contributed by atoms with E-state index < -0.39 is 6.10 Å². The van der Waals surface area contributed by atoms with Crippen LogP contribution in [0.4, 0.5) is 0 Å². The molecular weight excluding hydrogens is 320 g/mol. The number of nitrogens with zero attached hydrogens (tertiary/aromatic N) is 2. The maximum Gasteiger partial charge on any atom is 0.167 e. The van der Waals surface area contributed by atoms with Gasteiger partial charge < -0.3 is 24.0 Å². The van der Waals surface area contributed by atoms with Crippen LogP contribution in [0.1, 0.15) is 18.5 Å². The molecular formula is C19H26N2O4. The van der Waals surface area contributed by atoms with Crippen LogP contribution in [-0.2, 0) is 11.2 Å². The number of methoxy groups -OCH3 is 1. The van der Waals surface area contributed by atoms with Gasteiger partial charge in [0.05, 0.1) is 31.1 Å². The van der Waals surface area contributed by atoms with Gasteiger partial charge in [-0.25, -0.2) is 0 Å². The third kappa shape index (κ3) is 4.60. The largest absolute Gasteiger partial charge is 0.497 e. The van der Waals surface area contributed by atoms with Crippen LogP contribution in [0.15, 0.2) is 34.9 Å². The number of hydrogen-bond donors (Lipinski definition) is 1. The Morgan fingerprint density at radius 3 is 2.68 bits per heavy atom. The second-order valence-corrected chi connectivity index (χ2v) is 6.82. The third-order valence-electron chi connectivity index (χ3n) is 4.50. The summed E-state index contributed by atoms with van der Waals surface area (Å²) in [6.45, 7) is 0.716. The van der Waals surface area contributed by atoms with E-state index in [1.54, 1.807) is 7.11 Å². The standard InChI is InChI=1S/C19H26N2O4/c1-21(2)12-19-17(22)9-8-16(24-19)10-14-11-18(25-20-14)13-4-6-15(23-3)7-5-13/h4-7,11,16-17,19,22H,8-10,12H2,1-3H3. The van der Waals surface area contributed by atoms with Gasteiger partial charge in [0.1, 0.15) is 5.75 Å². The molecule has 6 nitrogen and oxygen atoms in total. The fourth-order valence-corrected chi connectivity index (χ4v) is 3.16. The summed E-state index contributed by atoms with van der Waals surface area (Å²) >= 11 is 0. The fraction of sp³-hybridized carbons (Fsp3) is 0.526. The minimum atomic E-state index is -0.397. The average Bonchev–Trinajstić information content (AvgIpc) is 3.06. The second kappa shape index (κ2) is 7.99. The normalized spacial score (nSPS) is 23.8. The molecule has 0 radical (unpaired) electrons. The first-order valence-electron chi connectivity index (χ1n) is 8.63. The molecule has 3 rings (SSSR count). The van der Waals surface area contributed by atoms with Crippen molar-refractivity contribution in [3.05, 3.63) is 36.0 Å². The highest BCUT2D eigenvalue weighted by Gasteiger charge is 2.30. The maximum atomic E-state index is 10.1. The van der Waals surface area contributed by atoms with Crippen molar-refractivity contribution in [2.45, 2.75) is 37.6 Å². The van der Waals surface area contributed by atoms with Crippen LogP contribution in [0.25, 0.3) is 11.3 Å². The zero-order valence-corrected chi connectivity index (χ0v) is 15.0. The van der Waals surface area contributed by atoms with Crippen molar-refractivity contribution >= 4 is 0 Å². The van der Waals surface area contributed by atoms with Crippen LogP contribution in [0, 0.1) is 0 Å². The third-order valence-corrected chi connectivity index (χ3v) is 4.50. The van der Waals surface area contributed by atoms with Gasteiger partial charge in [-0.1, -0.05) is 5.16 Å². The summed E-state index contributed by atoms with van der Waals surface area (Å²) in [6, 6.07) is 9.65. The molecule has 0 spiro atoms. The molecule has 1 aliphatic rings. The quantitative estimate of drug-likeness (QED) is 0.866. The van der Waals surface area contributed by atoms with E-state index >= 15 is 0 Å². The van der Waals surface area contributed by atoms with Crippen molar-refractivity contribution in [1.29, 1.82) is 0 Å². The summed E-state index contributed by atoms with van der Waals surface area (Å²) < 4.78 is 16.7. The molecule has 2 aromatic rings. The summed E-state index contributed by atoms with van der Waals surface area (Å²) in [5.41, 5.74) is 1.83. The second-order valence-electron chi connectivity index (χ2n) is 6.82. The minimum Gasteiger partial charge on any atom is -0.497 e. The van der Waals surface area contributed by atoms with Crippen molar-refractivity contribution in [1.82, 2.24) is 10.1 Å². The molecule has 25 heavy (non-hydrogen) atoms. The topological polar surface area (TPSA) is 68.0 Å². The van der Waals surface area contributed by atoms with Gasteiger partial charge >= 0.3 is 0 Å². The Balaban J connectivity index is 1.62. The molecule has 1 saturated heterocycles. The van der Waals surface area contributed by atoms with Crippen LogP contribution < -0.4 is 4.74 Å². The first-order valence-corrected chi connectivity index (χ1v) is 8.63. The number of rotatable bonds is 6. The molecule has 1 N–H and O–H groups in total. The van der Waals surface area contributed by atoms with E-state index in [2.05, 4.69) is 5.16 Å². The van der Waals surface area contributed by atoms with Crippen molar-refractivity contribution in [3.63, 3.8) is 0 Å². The number of aromatic nitrogens is 1. The Hall–Kier alpha value is -1.89. The van der Waals surface area contributed by atoms with Crippen molar-refractivity contribution in [3.8, 4) is 17.1 Å². The number of hydrogen-bond acceptors (Lipinski definition) is 6. The van der Waals surface area contributed by atoms with E-state index in [1.165, 1.54) is 0 Å². The molecule has 136 valence electrons. The van der Waals surface area contributed by atoms with E-state index in [1.807, 2.05) is 49.3 Å². The van der Waals surface area contributed by atoms with Gasteiger partial charge in [0.15, 0.2) is 5.76 Å². The zero-order chi connectivity index (χ0) is 17.8. The number of aliphatic hydroxyl groups is 1. The Labute approximate surface area is 148 Å². The molecule has 0 bridgehead atoms. The van der Waals surface area contributed by atoms with Crippen LogP contribution >= 0.6 is 0 Å². The molecule has 0 saturated carbocycles. The zero-order valence-electron chi connectivity index (χ0n) is 15.0. The molecule has 1 aromatic carbocycles. The van der Waals surface area contributed by atoms with Gasteiger partial charge in [-0.15, -0.1) is 0 Å². The lowest BCUT2D eigenvalue weighted by atomic mass is 9.98. The number of benzene rings is 1. The number of aliphatic hydroxyl groups excluding tert-OH is 1. The highest BCUT2D eigenvalue weighted by atomic mass is 16.5. The Bertz CT molecular complexity index is 668. The first kappa shape index (κ1) is 17.9. The van der Waals surface area contributed by atoms with Crippen molar-refractivity contribution < 1.29 is 19.1 Å². The molecule has 3 unspecified atom stereocenters. The molecule has 1 fully saturated rings. The van der Waals surface area contributed by atoms with Gasteiger partial charge in [-0.3, -0.25) is 0 Å².